The Morgan fingerprint density at radius 1 is 1.11 bits per heavy atom. The standard InChI is InChI=1S/C21H26N2O4S/c1-16-5-4-14-23(15-16)21(24)17-6-8-18(9-7-17)22(2)28(25,26)20-12-10-19(27-3)11-13-20/h6-13,16H,4-5,14-15H2,1-3H3/t16-/m0/s1. The van der Waals surface area contributed by atoms with Crippen molar-refractivity contribution in [1.82, 2.24) is 4.90 Å². The van der Waals surface area contributed by atoms with Crippen molar-refractivity contribution in [3.05, 3.63) is 54.1 Å². The summed E-state index contributed by atoms with van der Waals surface area (Å²) in [6.45, 7) is 3.70. The smallest absolute Gasteiger partial charge is 0.264 e. The summed E-state index contributed by atoms with van der Waals surface area (Å²) in [5.41, 5.74) is 1.08. The third-order valence-corrected chi connectivity index (χ3v) is 6.94. The number of methoxy groups -OCH3 is 1. The number of piperidine rings is 1. The Morgan fingerprint density at radius 3 is 2.32 bits per heavy atom. The molecule has 0 N–H and O–H groups in total. The van der Waals surface area contributed by atoms with Crippen molar-refractivity contribution in [2.24, 2.45) is 5.92 Å². The molecule has 0 aromatic heterocycles. The van der Waals surface area contributed by atoms with Crippen LogP contribution in [0.2, 0.25) is 0 Å². The van der Waals surface area contributed by atoms with Crippen molar-refractivity contribution in [3.8, 4) is 5.75 Å². The summed E-state index contributed by atoms with van der Waals surface area (Å²) in [4.78, 5) is 14.7. The summed E-state index contributed by atoms with van der Waals surface area (Å²) in [7, 11) is -0.662. The first kappa shape index (κ1) is 20.2. The van der Waals surface area contributed by atoms with Gasteiger partial charge in [0.05, 0.1) is 17.7 Å². The van der Waals surface area contributed by atoms with Gasteiger partial charge in [-0.3, -0.25) is 9.10 Å². The number of carbonyl (C=O) groups excluding carboxylic acids is 1. The predicted octanol–water partition coefficient (Wildman–Crippen LogP) is 3.39. The molecule has 0 unspecified atom stereocenters. The van der Waals surface area contributed by atoms with Gasteiger partial charge in [0.1, 0.15) is 5.75 Å². The second-order valence-corrected chi connectivity index (χ2v) is 9.16. The average molecular weight is 403 g/mol. The number of rotatable bonds is 5. The van der Waals surface area contributed by atoms with Crippen LogP contribution < -0.4 is 9.04 Å². The second kappa shape index (κ2) is 8.22. The number of likely N-dealkylation sites (tertiary alicyclic amines) is 1. The summed E-state index contributed by atoms with van der Waals surface area (Å²) in [5, 5.41) is 0. The van der Waals surface area contributed by atoms with E-state index in [1.165, 1.54) is 30.6 Å². The molecule has 2 aromatic carbocycles. The average Bonchev–Trinajstić information content (AvgIpc) is 2.72. The number of nitrogens with zero attached hydrogens (tertiary/aromatic N) is 2. The van der Waals surface area contributed by atoms with Gasteiger partial charge in [-0.05, 0) is 67.3 Å². The molecule has 6 nitrogen and oxygen atoms in total. The Morgan fingerprint density at radius 2 is 1.75 bits per heavy atom. The van der Waals surface area contributed by atoms with Gasteiger partial charge in [0, 0.05) is 25.7 Å². The Kier molecular flexibility index (Phi) is 5.93. The van der Waals surface area contributed by atoms with Crippen molar-refractivity contribution >= 4 is 21.6 Å². The molecule has 150 valence electrons. The van der Waals surface area contributed by atoms with Gasteiger partial charge in [0.15, 0.2) is 0 Å². The van der Waals surface area contributed by atoms with Gasteiger partial charge in [-0.2, -0.15) is 0 Å². The van der Waals surface area contributed by atoms with Gasteiger partial charge in [-0.1, -0.05) is 6.92 Å². The normalized spacial score (nSPS) is 17.2. The highest BCUT2D eigenvalue weighted by Crippen LogP contribution is 2.25. The van der Waals surface area contributed by atoms with E-state index in [-0.39, 0.29) is 10.8 Å². The van der Waals surface area contributed by atoms with Crippen LogP contribution in [-0.2, 0) is 10.0 Å². The highest BCUT2D eigenvalue weighted by molar-refractivity contribution is 7.92. The van der Waals surface area contributed by atoms with E-state index >= 15 is 0 Å². The molecule has 1 atom stereocenters. The van der Waals surface area contributed by atoms with Crippen molar-refractivity contribution < 1.29 is 17.9 Å². The molecule has 2 aromatic rings. The number of amides is 1. The maximum Gasteiger partial charge on any atom is 0.264 e. The third kappa shape index (κ3) is 4.14. The maximum absolute atomic E-state index is 12.8. The summed E-state index contributed by atoms with van der Waals surface area (Å²) in [6, 6.07) is 13.0. The number of hydrogen-bond donors (Lipinski definition) is 0. The first-order chi connectivity index (χ1) is 13.3. The van der Waals surface area contributed by atoms with Gasteiger partial charge >= 0.3 is 0 Å². The minimum Gasteiger partial charge on any atom is -0.497 e. The molecule has 28 heavy (non-hydrogen) atoms. The highest BCUT2D eigenvalue weighted by Gasteiger charge is 2.24. The molecule has 7 heteroatoms. The van der Waals surface area contributed by atoms with Crippen molar-refractivity contribution in [1.29, 1.82) is 0 Å². The van der Waals surface area contributed by atoms with Gasteiger partial charge < -0.3 is 9.64 Å². The van der Waals surface area contributed by atoms with E-state index in [2.05, 4.69) is 6.92 Å². The van der Waals surface area contributed by atoms with E-state index < -0.39 is 10.0 Å². The van der Waals surface area contributed by atoms with Crippen LogP contribution in [0.25, 0.3) is 0 Å². The molecule has 1 saturated heterocycles. The Hall–Kier alpha value is -2.54. The number of carbonyl (C=O) groups is 1. The van der Waals surface area contributed by atoms with Gasteiger partial charge in [-0.25, -0.2) is 8.42 Å². The molecule has 1 aliphatic rings. The minimum absolute atomic E-state index is 0.00114. The Labute approximate surface area is 166 Å². The zero-order chi connectivity index (χ0) is 20.3. The fourth-order valence-corrected chi connectivity index (χ4v) is 4.61. The van der Waals surface area contributed by atoms with Crippen LogP contribution in [0.3, 0.4) is 0 Å². The molecular formula is C21H26N2O4S. The van der Waals surface area contributed by atoms with Crippen LogP contribution in [0, 0.1) is 5.92 Å². The Balaban J connectivity index is 1.77. The highest BCUT2D eigenvalue weighted by atomic mass is 32.2. The number of benzene rings is 2. The van der Waals surface area contributed by atoms with Crippen molar-refractivity contribution in [3.63, 3.8) is 0 Å². The largest absolute Gasteiger partial charge is 0.497 e. The maximum atomic E-state index is 12.8. The van der Waals surface area contributed by atoms with Crippen molar-refractivity contribution in [2.75, 3.05) is 31.6 Å². The van der Waals surface area contributed by atoms with Crippen LogP contribution in [0.4, 0.5) is 5.69 Å². The molecular weight excluding hydrogens is 376 g/mol. The van der Waals surface area contributed by atoms with Crippen LogP contribution in [-0.4, -0.2) is 46.5 Å². The second-order valence-electron chi connectivity index (χ2n) is 7.19. The minimum atomic E-state index is -3.70. The fraction of sp³-hybridized carbons (Fsp3) is 0.381. The molecule has 0 saturated carbocycles. The lowest BCUT2D eigenvalue weighted by atomic mass is 9.99. The molecule has 0 radical (unpaired) electrons. The predicted molar refractivity (Wildman–Crippen MR) is 109 cm³/mol. The van der Waals surface area contributed by atoms with Gasteiger partial charge in [0.2, 0.25) is 0 Å². The molecule has 1 heterocycles. The number of ether oxygens (including phenoxy) is 1. The fourth-order valence-electron chi connectivity index (χ4n) is 3.41. The lowest BCUT2D eigenvalue weighted by Gasteiger charge is -2.31. The first-order valence-electron chi connectivity index (χ1n) is 9.35. The van der Waals surface area contributed by atoms with Crippen LogP contribution in [0.5, 0.6) is 5.75 Å². The summed E-state index contributed by atoms with van der Waals surface area (Å²) >= 11 is 0. The van der Waals surface area contributed by atoms with Gasteiger partial charge in [-0.15, -0.1) is 0 Å². The van der Waals surface area contributed by atoms with E-state index in [0.29, 0.717) is 22.9 Å². The summed E-state index contributed by atoms with van der Waals surface area (Å²) < 4.78 is 32.0. The Bertz CT molecular complexity index is 924. The van der Waals surface area contributed by atoms with Crippen LogP contribution >= 0.6 is 0 Å². The quantitative estimate of drug-likeness (QED) is 0.769. The van der Waals surface area contributed by atoms with E-state index in [1.54, 1.807) is 36.4 Å². The molecule has 0 bridgehead atoms. The molecule has 0 aliphatic carbocycles. The first-order valence-corrected chi connectivity index (χ1v) is 10.8. The summed E-state index contributed by atoms with van der Waals surface area (Å²) in [6.07, 6.45) is 2.17. The summed E-state index contributed by atoms with van der Waals surface area (Å²) in [5.74, 6) is 1.10. The SMILES string of the molecule is COc1ccc(S(=O)(=O)N(C)c2ccc(C(=O)N3CCC[C@H](C)C3)cc2)cc1. The zero-order valence-electron chi connectivity index (χ0n) is 16.5. The van der Waals surface area contributed by atoms with Crippen LogP contribution in [0.15, 0.2) is 53.4 Å². The lowest BCUT2D eigenvalue weighted by molar-refractivity contribution is 0.0683. The molecule has 0 spiro atoms. The number of hydrogen-bond acceptors (Lipinski definition) is 4. The third-order valence-electron chi connectivity index (χ3n) is 5.14. The van der Waals surface area contributed by atoms with Crippen LogP contribution in [0.1, 0.15) is 30.1 Å². The monoisotopic (exact) mass is 402 g/mol. The molecule has 1 aliphatic heterocycles. The number of sulfonamides is 1. The van der Waals surface area contributed by atoms with E-state index in [4.69, 9.17) is 4.74 Å². The number of anilines is 1. The molecule has 3 rings (SSSR count). The molecule has 1 fully saturated rings. The topological polar surface area (TPSA) is 66.9 Å². The lowest BCUT2D eigenvalue weighted by Crippen LogP contribution is -2.39. The van der Waals surface area contributed by atoms with E-state index in [0.717, 1.165) is 25.9 Å². The van der Waals surface area contributed by atoms with E-state index in [9.17, 15) is 13.2 Å². The van der Waals surface area contributed by atoms with E-state index in [1.807, 2.05) is 4.90 Å². The zero-order valence-corrected chi connectivity index (χ0v) is 17.3. The van der Waals surface area contributed by atoms with Crippen molar-refractivity contribution in [2.45, 2.75) is 24.7 Å². The van der Waals surface area contributed by atoms with Gasteiger partial charge in [0.25, 0.3) is 15.9 Å². The molecule has 1 amide bonds.